The van der Waals surface area contributed by atoms with E-state index in [4.69, 9.17) is 4.74 Å². The molecule has 0 spiro atoms. The molecule has 0 saturated heterocycles. The third kappa shape index (κ3) is 2.54. The number of nitrogens with one attached hydrogen (secondary N) is 1. The van der Waals surface area contributed by atoms with E-state index in [1.807, 2.05) is 0 Å². The molecule has 0 amide bonds. The van der Waals surface area contributed by atoms with Crippen molar-refractivity contribution in [1.29, 1.82) is 0 Å². The van der Waals surface area contributed by atoms with Crippen molar-refractivity contribution in [3.63, 3.8) is 0 Å². The number of aryl methyl sites for hydroxylation is 1. The van der Waals surface area contributed by atoms with Gasteiger partial charge in [0.05, 0.1) is 0 Å². The van der Waals surface area contributed by atoms with Crippen LogP contribution in [0.3, 0.4) is 0 Å². The largest absolute Gasteiger partial charge is 0.490 e. The van der Waals surface area contributed by atoms with Crippen molar-refractivity contribution in [3.8, 4) is 5.75 Å². The molecule has 0 aliphatic heterocycles. The molecule has 2 unspecified atom stereocenters. The Bertz CT molecular complexity index is 383. The standard InChI is InChI=1S/C16H25NO/c1-5-12-7-9-13(10-8-12)18-15-11-14(17-6-2)16(15,3)4/h7-10,14-15,17H,5-6,11H2,1-4H3. The summed E-state index contributed by atoms with van der Waals surface area (Å²) < 4.78 is 6.10. The second kappa shape index (κ2) is 5.31. The molecule has 1 fully saturated rings. The van der Waals surface area contributed by atoms with Crippen molar-refractivity contribution in [2.45, 2.75) is 52.7 Å². The van der Waals surface area contributed by atoms with Gasteiger partial charge in [-0.05, 0) is 30.7 Å². The van der Waals surface area contributed by atoms with Gasteiger partial charge in [0, 0.05) is 17.9 Å². The highest BCUT2D eigenvalue weighted by atomic mass is 16.5. The van der Waals surface area contributed by atoms with E-state index in [0.717, 1.165) is 25.1 Å². The van der Waals surface area contributed by atoms with Crippen LogP contribution in [0, 0.1) is 5.41 Å². The first kappa shape index (κ1) is 13.4. The third-order valence-electron chi connectivity index (χ3n) is 4.24. The molecular weight excluding hydrogens is 222 g/mol. The van der Waals surface area contributed by atoms with Gasteiger partial charge in [-0.1, -0.05) is 39.8 Å². The van der Waals surface area contributed by atoms with Crippen LogP contribution in [-0.4, -0.2) is 18.7 Å². The van der Waals surface area contributed by atoms with Crippen molar-refractivity contribution < 1.29 is 4.74 Å². The molecule has 1 aliphatic carbocycles. The van der Waals surface area contributed by atoms with Crippen LogP contribution in [0.2, 0.25) is 0 Å². The molecule has 1 aromatic rings. The van der Waals surface area contributed by atoms with E-state index in [-0.39, 0.29) is 5.41 Å². The zero-order chi connectivity index (χ0) is 13.2. The maximum atomic E-state index is 6.10. The second-order valence-electron chi connectivity index (χ2n) is 5.77. The molecule has 1 aromatic carbocycles. The van der Waals surface area contributed by atoms with Crippen LogP contribution in [0.4, 0.5) is 0 Å². The van der Waals surface area contributed by atoms with Gasteiger partial charge in [0.1, 0.15) is 11.9 Å². The quantitative estimate of drug-likeness (QED) is 0.861. The van der Waals surface area contributed by atoms with E-state index in [1.54, 1.807) is 0 Å². The van der Waals surface area contributed by atoms with Gasteiger partial charge >= 0.3 is 0 Å². The maximum absolute atomic E-state index is 6.10. The summed E-state index contributed by atoms with van der Waals surface area (Å²) in [4.78, 5) is 0. The van der Waals surface area contributed by atoms with Gasteiger partial charge in [-0.2, -0.15) is 0 Å². The van der Waals surface area contributed by atoms with Gasteiger partial charge in [0.25, 0.3) is 0 Å². The van der Waals surface area contributed by atoms with E-state index >= 15 is 0 Å². The smallest absolute Gasteiger partial charge is 0.119 e. The van der Waals surface area contributed by atoms with Crippen LogP contribution >= 0.6 is 0 Å². The fourth-order valence-corrected chi connectivity index (χ4v) is 2.65. The van der Waals surface area contributed by atoms with E-state index in [2.05, 4.69) is 57.3 Å². The fraction of sp³-hybridized carbons (Fsp3) is 0.625. The molecule has 0 bridgehead atoms. The molecule has 0 aromatic heterocycles. The van der Waals surface area contributed by atoms with Crippen molar-refractivity contribution in [3.05, 3.63) is 29.8 Å². The Morgan fingerprint density at radius 1 is 1.22 bits per heavy atom. The van der Waals surface area contributed by atoms with Gasteiger partial charge in [-0.25, -0.2) is 0 Å². The predicted molar refractivity (Wildman–Crippen MR) is 76.1 cm³/mol. The molecule has 100 valence electrons. The highest BCUT2D eigenvalue weighted by molar-refractivity contribution is 5.28. The highest BCUT2D eigenvalue weighted by Crippen LogP contribution is 2.43. The van der Waals surface area contributed by atoms with E-state index in [0.29, 0.717) is 12.1 Å². The van der Waals surface area contributed by atoms with Crippen molar-refractivity contribution in [2.24, 2.45) is 5.41 Å². The van der Waals surface area contributed by atoms with Gasteiger partial charge in [0.15, 0.2) is 0 Å². The van der Waals surface area contributed by atoms with Gasteiger partial charge in [0.2, 0.25) is 0 Å². The summed E-state index contributed by atoms with van der Waals surface area (Å²) in [5, 5.41) is 3.53. The second-order valence-corrected chi connectivity index (χ2v) is 5.77. The van der Waals surface area contributed by atoms with Crippen LogP contribution in [0.1, 0.15) is 39.7 Å². The minimum absolute atomic E-state index is 0.222. The first-order chi connectivity index (χ1) is 8.57. The summed E-state index contributed by atoms with van der Waals surface area (Å²) in [5.41, 5.74) is 1.58. The number of ether oxygens (including phenoxy) is 1. The minimum atomic E-state index is 0.222. The molecule has 0 heterocycles. The summed E-state index contributed by atoms with van der Waals surface area (Å²) >= 11 is 0. The first-order valence-corrected chi connectivity index (χ1v) is 7.07. The fourth-order valence-electron chi connectivity index (χ4n) is 2.65. The van der Waals surface area contributed by atoms with Crippen LogP contribution < -0.4 is 10.1 Å². The Morgan fingerprint density at radius 3 is 2.39 bits per heavy atom. The van der Waals surface area contributed by atoms with E-state index in [9.17, 15) is 0 Å². The lowest BCUT2D eigenvalue weighted by Gasteiger charge is -2.51. The van der Waals surface area contributed by atoms with Crippen LogP contribution in [-0.2, 0) is 6.42 Å². The molecule has 1 aliphatic rings. The Balaban J connectivity index is 1.94. The zero-order valence-corrected chi connectivity index (χ0v) is 12.0. The average Bonchev–Trinajstić information content (AvgIpc) is 2.38. The zero-order valence-electron chi connectivity index (χ0n) is 12.0. The van der Waals surface area contributed by atoms with E-state index < -0.39 is 0 Å². The molecular formula is C16H25NO. The normalized spacial score (nSPS) is 25.6. The summed E-state index contributed by atoms with van der Waals surface area (Å²) in [6.07, 6.45) is 2.52. The lowest BCUT2D eigenvalue weighted by molar-refractivity contribution is -0.0541. The van der Waals surface area contributed by atoms with Gasteiger partial charge in [-0.3, -0.25) is 0 Å². The Kier molecular flexibility index (Phi) is 3.96. The third-order valence-corrected chi connectivity index (χ3v) is 4.24. The molecule has 2 heteroatoms. The van der Waals surface area contributed by atoms with Crippen LogP contribution in [0.15, 0.2) is 24.3 Å². The molecule has 0 radical (unpaired) electrons. The molecule has 18 heavy (non-hydrogen) atoms. The SMILES string of the molecule is CCNC1CC(Oc2ccc(CC)cc2)C1(C)C. The Labute approximate surface area is 111 Å². The van der Waals surface area contributed by atoms with Crippen LogP contribution in [0.25, 0.3) is 0 Å². The lowest BCUT2D eigenvalue weighted by atomic mass is 9.64. The lowest BCUT2D eigenvalue weighted by Crippen LogP contribution is -2.62. The number of benzene rings is 1. The monoisotopic (exact) mass is 247 g/mol. The summed E-state index contributed by atoms with van der Waals surface area (Å²) in [7, 11) is 0. The summed E-state index contributed by atoms with van der Waals surface area (Å²) in [5.74, 6) is 1.00. The predicted octanol–water partition coefficient (Wildman–Crippen LogP) is 3.40. The number of hydrogen-bond donors (Lipinski definition) is 1. The summed E-state index contributed by atoms with van der Waals surface area (Å²) in [6, 6.07) is 9.08. The highest BCUT2D eigenvalue weighted by Gasteiger charge is 2.49. The first-order valence-electron chi connectivity index (χ1n) is 7.07. The van der Waals surface area contributed by atoms with Gasteiger partial charge in [-0.15, -0.1) is 0 Å². The molecule has 1 saturated carbocycles. The number of hydrogen-bond acceptors (Lipinski definition) is 2. The topological polar surface area (TPSA) is 21.3 Å². The summed E-state index contributed by atoms with van der Waals surface area (Å²) in [6.45, 7) is 9.94. The van der Waals surface area contributed by atoms with E-state index in [1.165, 1.54) is 5.56 Å². The van der Waals surface area contributed by atoms with Gasteiger partial charge < -0.3 is 10.1 Å². The van der Waals surface area contributed by atoms with Crippen molar-refractivity contribution in [2.75, 3.05) is 6.54 Å². The molecule has 2 atom stereocenters. The molecule has 2 rings (SSSR count). The average molecular weight is 247 g/mol. The Hall–Kier alpha value is -1.02. The van der Waals surface area contributed by atoms with Crippen molar-refractivity contribution >= 4 is 0 Å². The molecule has 1 N–H and O–H groups in total. The Morgan fingerprint density at radius 2 is 1.89 bits per heavy atom. The van der Waals surface area contributed by atoms with Crippen LogP contribution in [0.5, 0.6) is 5.75 Å². The number of rotatable bonds is 5. The molecule has 2 nitrogen and oxygen atoms in total. The van der Waals surface area contributed by atoms with Crippen molar-refractivity contribution in [1.82, 2.24) is 5.32 Å². The maximum Gasteiger partial charge on any atom is 0.119 e. The minimum Gasteiger partial charge on any atom is -0.490 e.